The molecule has 6 amide bonds. The zero-order valence-corrected chi connectivity index (χ0v) is 33.9. The van der Waals surface area contributed by atoms with E-state index < -0.39 is 54.1 Å². The molecule has 60 heavy (non-hydrogen) atoms. The molecule has 0 unspecified atom stereocenters. The largest absolute Gasteiger partial charge is 0.508 e. The van der Waals surface area contributed by atoms with Crippen LogP contribution in [0.5, 0.6) is 5.75 Å². The van der Waals surface area contributed by atoms with E-state index in [0.717, 1.165) is 11.1 Å². The first-order valence-corrected chi connectivity index (χ1v) is 20.3. The average Bonchev–Trinajstić information content (AvgIpc) is 3.24. The van der Waals surface area contributed by atoms with Crippen molar-refractivity contribution in [3.8, 4) is 5.75 Å². The summed E-state index contributed by atoms with van der Waals surface area (Å²) in [5.41, 5.74) is 20.3. The number of ether oxygens (including phenoxy) is 2. The van der Waals surface area contributed by atoms with Crippen LogP contribution in [0.1, 0.15) is 74.5 Å². The van der Waals surface area contributed by atoms with Gasteiger partial charge in [0.1, 0.15) is 31.0 Å². The van der Waals surface area contributed by atoms with Crippen LogP contribution in [-0.4, -0.2) is 84.7 Å². The van der Waals surface area contributed by atoms with Crippen LogP contribution >= 0.6 is 0 Å². The molecule has 0 aliphatic carbocycles. The molecule has 12 N–H and O–H groups in total. The molecule has 0 bridgehead atoms. The molecule has 17 heteroatoms. The molecule has 3 aromatic carbocycles. The van der Waals surface area contributed by atoms with Crippen LogP contribution in [0.15, 0.2) is 84.9 Å². The van der Waals surface area contributed by atoms with Gasteiger partial charge in [0.25, 0.3) is 0 Å². The number of benzene rings is 3. The van der Waals surface area contributed by atoms with Gasteiger partial charge in [-0.1, -0.05) is 72.8 Å². The number of unbranched alkanes of at least 4 members (excludes halogenated alkanes) is 3. The number of carbonyl (C=O) groups excluding carboxylic acids is 6. The van der Waals surface area contributed by atoms with Crippen molar-refractivity contribution in [2.24, 2.45) is 17.2 Å². The quantitative estimate of drug-likeness (QED) is 0.0504. The van der Waals surface area contributed by atoms with Crippen molar-refractivity contribution >= 4 is 35.8 Å². The highest BCUT2D eigenvalue weighted by molar-refractivity contribution is 5.92. The maximum Gasteiger partial charge on any atom is 0.407 e. The first-order chi connectivity index (χ1) is 28.9. The van der Waals surface area contributed by atoms with Crippen molar-refractivity contribution < 1.29 is 43.3 Å². The molecule has 4 atom stereocenters. The van der Waals surface area contributed by atoms with Crippen LogP contribution in [0.4, 0.5) is 9.59 Å². The van der Waals surface area contributed by atoms with Gasteiger partial charge in [-0.2, -0.15) is 0 Å². The molecular weight excluding hydrogens is 773 g/mol. The Labute approximate surface area is 350 Å². The van der Waals surface area contributed by atoms with Gasteiger partial charge in [0, 0.05) is 26.1 Å². The van der Waals surface area contributed by atoms with Gasteiger partial charge in [-0.25, -0.2) is 9.59 Å². The van der Waals surface area contributed by atoms with E-state index in [1.54, 1.807) is 12.1 Å². The Hall–Kier alpha value is -6.20. The molecule has 326 valence electrons. The Morgan fingerprint density at radius 1 is 0.517 bits per heavy atom. The Balaban J connectivity index is 1.41. The van der Waals surface area contributed by atoms with Gasteiger partial charge < -0.3 is 58.4 Å². The van der Waals surface area contributed by atoms with Crippen molar-refractivity contribution in [3.63, 3.8) is 0 Å². The summed E-state index contributed by atoms with van der Waals surface area (Å²) in [6, 6.07) is 20.8. The van der Waals surface area contributed by atoms with Crippen molar-refractivity contribution in [3.05, 3.63) is 102 Å². The minimum absolute atomic E-state index is 0.0386. The number of nitrogens with two attached hydrogens (primary N) is 3. The number of hydrogen-bond acceptors (Lipinski definition) is 11. The molecule has 0 saturated heterocycles. The summed E-state index contributed by atoms with van der Waals surface area (Å²) in [6.45, 7) is 1.27. The fourth-order valence-corrected chi connectivity index (χ4v) is 5.90. The van der Waals surface area contributed by atoms with E-state index in [9.17, 15) is 33.9 Å². The molecule has 0 saturated carbocycles. The first-order valence-electron chi connectivity index (χ1n) is 20.3. The van der Waals surface area contributed by atoms with Crippen LogP contribution in [0.25, 0.3) is 0 Å². The number of primary amides is 1. The zero-order chi connectivity index (χ0) is 43.5. The van der Waals surface area contributed by atoms with Crippen molar-refractivity contribution in [2.75, 3.05) is 19.6 Å². The third kappa shape index (κ3) is 20.0. The second-order valence-corrected chi connectivity index (χ2v) is 14.4. The third-order valence-electron chi connectivity index (χ3n) is 9.41. The number of hydrogen-bond donors (Lipinski definition) is 9. The maximum absolute atomic E-state index is 13.5. The van der Waals surface area contributed by atoms with Crippen LogP contribution in [0.3, 0.4) is 0 Å². The second kappa shape index (κ2) is 27.5. The lowest BCUT2D eigenvalue weighted by atomic mass is 10.0. The number of amides is 6. The van der Waals surface area contributed by atoms with Crippen LogP contribution < -0.4 is 43.8 Å². The van der Waals surface area contributed by atoms with Crippen LogP contribution in [-0.2, 0) is 48.3 Å². The van der Waals surface area contributed by atoms with E-state index in [-0.39, 0.29) is 50.7 Å². The van der Waals surface area contributed by atoms with Crippen LogP contribution in [0, 0.1) is 0 Å². The molecule has 17 nitrogen and oxygen atoms in total. The number of carbonyl (C=O) groups is 6. The number of aromatic hydroxyl groups is 1. The number of phenolic OH excluding ortho intramolecular Hbond substituents is 1. The Morgan fingerprint density at radius 3 is 1.47 bits per heavy atom. The van der Waals surface area contributed by atoms with Crippen molar-refractivity contribution in [2.45, 2.75) is 102 Å². The minimum atomic E-state index is -1.10. The Bertz CT molecular complexity index is 1770. The minimum Gasteiger partial charge on any atom is -0.508 e. The lowest BCUT2D eigenvalue weighted by Crippen LogP contribution is -2.55. The molecule has 0 radical (unpaired) electrons. The van der Waals surface area contributed by atoms with Gasteiger partial charge in [-0.15, -0.1) is 0 Å². The van der Waals surface area contributed by atoms with E-state index >= 15 is 0 Å². The van der Waals surface area contributed by atoms with Gasteiger partial charge in [-0.05, 0) is 86.6 Å². The van der Waals surface area contributed by atoms with Crippen molar-refractivity contribution in [1.29, 1.82) is 0 Å². The molecule has 0 aliphatic heterocycles. The SMILES string of the molecule is NC(=O)[C@H](Cc1ccc(O)cc1)NC(=O)[C@H](CCCCNC(=O)[C@@H](N)CCCCNC(=O)OCc1ccccc1)NC(=O)[C@@H](N)CCCCNC(=O)OCc1ccccc1. The Morgan fingerprint density at radius 2 is 0.967 bits per heavy atom. The third-order valence-corrected chi connectivity index (χ3v) is 9.41. The maximum atomic E-state index is 13.5. The number of alkyl carbamates (subject to hydrolysis) is 2. The molecule has 0 aliphatic rings. The highest BCUT2D eigenvalue weighted by Gasteiger charge is 2.27. The molecule has 0 fully saturated rings. The van der Waals surface area contributed by atoms with E-state index in [4.69, 9.17) is 26.7 Å². The normalized spacial score (nSPS) is 12.8. The summed E-state index contributed by atoms with van der Waals surface area (Å²) in [6.07, 6.45) is 2.91. The van der Waals surface area contributed by atoms with Crippen LogP contribution in [0.2, 0.25) is 0 Å². The monoisotopic (exact) mass is 832 g/mol. The summed E-state index contributed by atoms with van der Waals surface area (Å²) in [7, 11) is 0. The van der Waals surface area contributed by atoms with Gasteiger partial charge in [0.15, 0.2) is 0 Å². The lowest BCUT2D eigenvalue weighted by Gasteiger charge is -2.23. The number of rotatable bonds is 27. The van der Waals surface area contributed by atoms with Gasteiger partial charge in [0.2, 0.25) is 23.6 Å². The van der Waals surface area contributed by atoms with E-state index in [1.807, 2.05) is 60.7 Å². The molecular formula is C43H60N8O9. The standard InChI is InChI=1S/C43H60N8O9/c44-34(17-7-10-25-48-42(57)59-28-31-13-3-1-4-14-31)39(54)47-24-12-9-19-36(41(56)51-37(38(46)53)27-30-20-22-33(52)23-21-30)50-40(55)35(45)18-8-11-26-49-43(58)60-29-32-15-5-2-6-16-32/h1-6,13-16,20-23,34-37,52H,7-12,17-19,24-29,44-45H2,(H2,46,53)(H,47,54)(H,48,57)(H,49,58)(H,50,55)(H,51,56)/t34-,35-,36-,37-/m0/s1. The highest BCUT2D eigenvalue weighted by atomic mass is 16.6. The second-order valence-electron chi connectivity index (χ2n) is 14.4. The number of phenols is 1. The summed E-state index contributed by atoms with van der Waals surface area (Å²) in [5.74, 6) is -2.29. The molecule has 0 heterocycles. The summed E-state index contributed by atoms with van der Waals surface area (Å²) < 4.78 is 10.4. The summed E-state index contributed by atoms with van der Waals surface area (Å²) >= 11 is 0. The van der Waals surface area contributed by atoms with Gasteiger partial charge in [0.05, 0.1) is 12.1 Å². The van der Waals surface area contributed by atoms with Gasteiger partial charge in [-0.3, -0.25) is 19.2 Å². The lowest BCUT2D eigenvalue weighted by molar-refractivity contribution is -0.132. The number of nitrogens with one attached hydrogen (secondary N) is 5. The molecule has 3 rings (SSSR count). The Kier molecular flexibility index (Phi) is 22.1. The first kappa shape index (κ1) is 48.2. The predicted molar refractivity (Wildman–Crippen MR) is 225 cm³/mol. The average molecular weight is 833 g/mol. The fraction of sp³-hybridized carbons (Fsp3) is 0.442. The highest BCUT2D eigenvalue weighted by Crippen LogP contribution is 2.12. The van der Waals surface area contributed by atoms with E-state index in [0.29, 0.717) is 63.6 Å². The fourth-order valence-electron chi connectivity index (χ4n) is 5.90. The predicted octanol–water partition coefficient (Wildman–Crippen LogP) is 2.52. The smallest absolute Gasteiger partial charge is 0.407 e. The van der Waals surface area contributed by atoms with E-state index in [2.05, 4.69) is 26.6 Å². The summed E-state index contributed by atoms with van der Waals surface area (Å²) in [5, 5.41) is 23.1. The molecule has 3 aromatic rings. The molecule has 0 spiro atoms. The zero-order valence-electron chi connectivity index (χ0n) is 33.9. The molecule has 0 aromatic heterocycles. The van der Waals surface area contributed by atoms with Crippen molar-refractivity contribution in [1.82, 2.24) is 26.6 Å². The topological polar surface area (TPSA) is 279 Å². The van der Waals surface area contributed by atoms with Gasteiger partial charge >= 0.3 is 12.2 Å². The van der Waals surface area contributed by atoms with E-state index in [1.165, 1.54) is 12.1 Å². The summed E-state index contributed by atoms with van der Waals surface area (Å²) in [4.78, 5) is 75.6.